The van der Waals surface area contributed by atoms with E-state index >= 15 is 0 Å². The van der Waals surface area contributed by atoms with Crippen molar-refractivity contribution < 1.29 is 0 Å². The Hall–Kier alpha value is -0.490. The van der Waals surface area contributed by atoms with Gasteiger partial charge in [-0.2, -0.15) is 0 Å². The first kappa shape index (κ1) is 21.8. The van der Waals surface area contributed by atoms with E-state index in [1.54, 1.807) is 0 Å². The van der Waals surface area contributed by atoms with Crippen molar-refractivity contribution >= 4 is 11.6 Å². The summed E-state index contributed by atoms with van der Waals surface area (Å²) in [7, 11) is 0. The maximum Gasteiger partial charge on any atom is 0.0408 e. The molecule has 0 spiro atoms. The first-order valence-electron chi connectivity index (χ1n) is 8.50. The molecule has 0 atom stereocenters. The molecule has 0 aromatic heterocycles. The molecule has 1 saturated carbocycles. The highest BCUT2D eigenvalue weighted by Crippen LogP contribution is 2.28. The average Bonchev–Trinajstić information content (AvgIpc) is 2.43. The summed E-state index contributed by atoms with van der Waals surface area (Å²) in [5.41, 5.74) is 1.33. The Labute approximate surface area is 132 Å². The van der Waals surface area contributed by atoms with Gasteiger partial charge in [0.1, 0.15) is 0 Å². The highest BCUT2D eigenvalue weighted by molar-refractivity contribution is 6.30. The third-order valence-electron chi connectivity index (χ3n) is 3.23. The van der Waals surface area contributed by atoms with Gasteiger partial charge >= 0.3 is 0 Å². The van der Waals surface area contributed by atoms with E-state index in [0.717, 1.165) is 17.4 Å². The lowest BCUT2D eigenvalue weighted by Gasteiger charge is -2.22. The Morgan fingerprint density at radius 3 is 1.95 bits per heavy atom. The highest BCUT2D eigenvalue weighted by Gasteiger charge is 2.13. The van der Waals surface area contributed by atoms with Gasteiger partial charge in [-0.3, -0.25) is 0 Å². The van der Waals surface area contributed by atoms with Gasteiger partial charge in [0.15, 0.2) is 0 Å². The van der Waals surface area contributed by atoms with Crippen molar-refractivity contribution in [3.63, 3.8) is 0 Å². The highest BCUT2D eigenvalue weighted by atomic mass is 35.5. The van der Waals surface area contributed by atoms with Crippen LogP contribution in [-0.4, -0.2) is 0 Å². The molecule has 0 heterocycles. The fraction of sp³-hybridized carbons (Fsp3) is 0.684. The van der Waals surface area contributed by atoms with Crippen molar-refractivity contribution in [1.29, 1.82) is 0 Å². The van der Waals surface area contributed by atoms with Crippen molar-refractivity contribution in [3.8, 4) is 0 Å². The molecule has 1 heteroatoms. The van der Waals surface area contributed by atoms with Crippen LogP contribution in [0.15, 0.2) is 24.3 Å². The van der Waals surface area contributed by atoms with Crippen molar-refractivity contribution in [2.24, 2.45) is 5.92 Å². The Balaban J connectivity index is 0. The van der Waals surface area contributed by atoms with E-state index in [1.807, 2.05) is 45.9 Å². The topological polar surface area (TPSA) is 0 Å². The van der Waals surface area contributed by atoms with Gasteiger partial charge in [0.2, 0.25) is 0 Å². The molecule has 1 fully saturated rings. The lowest BCUT2D eigenvalue weighted by atomic mass is 9.84. The molecule has 0 unspecified atom stereocenters. The second-order valence-corrected chi connectivity index (χ2v) is 5.02. The van der Waals surface area contributed by atoms with Gasteiger partial charge in [-0.15, -0.1) is 0 Å². The molecule has 1 aliphatic rings. The first-order valence-corrected chi connectivity index (χ1v) is 8.88. The van der Waals surface area contributed by atoms with Crippen LogP contribution >= 0.6 is 11.6 Å². The van der Waals surface area contributed by atoms with Crippen molar-refractivity contribution in [1.82, 2.24) is 0 Å². The molecule has 0 N–H and O–H groups in total. The fourth-order valence-electron chi connectivity index (χ4n) is 1.88. The predicted octanol–water partition coefficient (Wildman–Crippen LogP) is 7.54. The molecule has 0 saturated heterocycles. The first-order chi connectivity index (χ1) is 9.76. The molecule has 2 rings (SSSR count). The fourth-order valence-corrected chi connectivity index (χ4v) is 2.10. The summed E-state index contributed by atoms with van der Waals surface area (Å²) >= 11 is 5.78. The normalized spacial score (nSPS) is 12.6. The molecule has 0 bridgehead atoms. The van der Waals surface area contributed by atoms with E-state index in [-0.39, 0.29) is 0 Å². The van der Waals surface area contributed by atoms with Gasteiger partial charge in [0.05, 0.1) is 0 Å². The van der Waals surface area contributed by atoms with Gasteiger partial charge in [-0.05, 0) is 30.0 Å². The maximum atomic E-state index is 5.78. The van der Waals surface area contributed by atoms with Crippen molar-refractivity contribution in [3.05, 3.63) is 34.9 Å². The summed E-state index contributed by atoms with van der Waals surface area (Å²) in [5, 5.41) is 0.839. The van der Waals surface area contributed by atoms with Crippen LogP contribution in [0.25, 0.3) is 0 Å². The van der Waals surface area contributed by atoms with Crippen LogP contribution < -0.4 is 0 Å². The molecule has 1 aliphatic carbocycles. The molecule has 1 aromatic rings. The van der Waals surface area contributed by atoms with Gasteiger partial charge in [-0.25, -0.2) is 0 Å². The summed E-state index contributed by atoms with van der Waals surface area (Å²) in [6.07, 6.45) is 8.24. The molecule has 0 amide bonds. The maximum absolute atomic E-state index is 5.78. The molecule has 0 nitrogen and oxygen atoms in total. The van der Waals surface area contributed by atoms with E-state index in [2.05, 4.69) is 19.9 Å². The number of rotatable bonds is 3. The predicted molar refractivity (Wildman–Crippen MR) is 95.8 cm³/mol. The van der Waals surface area contributed by atoms with E-state index in [0.29, 0.717) is 0 Å². The van der Waals surface area contributed by atoms with Crippen LogP contribution in [-0.2, 0) is 6.42 Å². The Kier molecular flexibility index (Phi) is 18.1. The standard InChI is InChI=1S/C9H11Cl.C6H12.2C2H6/c1-2-4-8-5-3-6-9(10)7-8;1-2-6-4-3-5-6;2*1-2/h3,5-7H,2,4H2,1H3;6H,2-5H2,1H3;2*1-2H3. The molecule has 0 aliphatic heterocycles. The number of aryl methyl sites for hydroxylation is 1. The summed E-state index contributed by atoms with van der Waals surface area (Å²) in [5.74, 6) is 1.12. The van der Waals surface area contributed by atoms with Crippen LogP contribution in [0.1, 0.15) is 79.2 Å². The number of hydrogen-bond acceptors (Lipinski definition) is 0. The van der Waals surface area contributed by atoms with Crippen LogP contribution in [0.4, 0.5) is 0 Å². The average molecular weight is 299 g/mol. The molecule has 118 valence electrons. The zero-order chi connectivity index (χ0) is 15.8. The summed E-state index contributed by atoms with van der Waals surface area (Å²) in [4.78, 5) is 0. The van der Waals surface area contributed by atoms with E-state index in [1.165, 1.54) is 37.7 Å². The van der Waals surface area contributed by atoms with Crippen LogP contribution in [0, 0.1) is 5.92 Å². The van der Waals surface area contributed by atoms with Gasteiger partial charge < -0.3 is 0 Å². The van der Waals surface area contributed by atoms with Gasteiger partial charge in [-0.1, -0.05) is 97.4 Å². The lowest BCUT2D eigenvalue weighted by Crippen LogP contribution is -2.08. The SMILES string of the molecule is CC.CC.CCC1CCC1.CCCc1cccc(Cl)c1. The Morgan fingerprint density at radius 1 is 1.05 bits per heavy atom. The van der Waals surface area contributed by atoms with E-state index < -0.39 is 0 Å². The smallest absolute Gasteiger partial charge is 0.0408 e. The third kappa shape index (κ3) is 11.3. The molecule has 0 radical (unpaired) electrons. The molecular formula is C19H35Cl. The second kappa shape index (κ2) is 16.6. The minimum atomic E-state index is 0.839. The van der Waals surface area contributed by atoms with E-state index in [4.69, 9.17) is 11.6 Å². The van der Waals surface area contributed by atoms with E-state index in [9.17, 15) is 0 Å². The molecular weight excluding hydrogens is 264 g/mol. The monoisotopic (exact) mass is 298 g/mol. The van der Waals surface area contributed by atoms with Crippen LogP contribution in [0.3, 0.4) is 0 Å². The zero-order valence-corrected chi connectivity index (χ0v) is 15.3. The second-order valence-electron chi connectivity index (χ2n) is 4.59. The van der Waals surface area contributed by atoms with Crippen LogP contribution in [0.2, 0.25) is 5.02 Å². The van der Waals surface area contributed by atoms with Crippen LogP contribution in [0.5, 0.6) is 0 Å². The summed E-state index contributed by atoms with van der Waals surface area (Å²) in [6.45, 7) is 12.4. The van der Waals surface area contributed by atoms with Crippen molar-refractivity contribution in [2.75, 3.05) is 0 Å². The molecule has 20 heavy (non-hydrogen) atoms. The third-order valence-corrected chi connectivity index (χ3v) is 3.46. The number of halogens is 1. The number of hydrogen-bond donors (Lipinski definition) is 0. The minimum absolute atomic E-state index is 0.839. The molecule has 1 aromatic carbocycles. The zero-order valence-electron chi connectivity index (χ0n) is 14.5. The van der Waals surface area contributed by atoms with Gasteiger partial charge in [0, 0.05) is 5.02 Å². The van der Waals surface area contributed by atoms with Gasteiger partial charge in [0.25, 0.3) is 0 Å². The summed E-state index contributed by atoms with van der Waals surface area (Å²) < 4.78 is 0. The summed E-state index contributed by atoms with van der Waals surface area (Å²) in [6, 6.07) is 8.02. The largest absolute Gasteiger partial charge is 0.0843 e. The Bertz CT molecular complexity index is 287. The Morgan fingerprint density at radius 2 is 1.65 bits per heavy atom. The quantitative estimate of drug-likeness (QED) is 0.540. The van der Waals surface area contributed by atoms with Crippen molar-refractivity contribution in [2.45, 2.75) is 80.1 Å². The lowest BCUT2D eigenvalue weighted by molar-refractivity contribution is 0.307. The number of benzene rings is 1. The minimum Gasteiger partial charge on any atom is -0.0843 e.